The molecule has 100 valence electrons. The van der Waals surface area contributed by atoms with E-state index in [-0.39, 0.29) is 0 Å². The molecule has 0 bridgehead atoms. The second kappa shape index (κ2) is 5.83. The van der Waals surface area contributed by atoms with Crippen molar-refractivity contribution in [1.29, 1.82) is 0 Å². The molecule has 0 saturated heterocycles. The van der Waals surface area contributed by atoms with Gasteiger partial charge in [0.2, 0.25) is 0 Å². The fourth-order valence-corrected chi connectivity index (χ4v) is 3.58. The van der Waals surface area contributed by atoms with Crippen molar-refractivity contribution in [1.82, 2.24) is 10.3 Å². The predicted octanol–water partition coefficient (Wildman–Crippen LogP) is 3.49. The summed E-state index contributed by atoms with van der Waals surface area (Å²) in [7, 11) is 2.11. The second-order valence-corrected chi connectivity index (χ2v) is 5.74. The molecule has 1 heterocycles. The summed E-state index contributed by atoms with van der Waals surface area (Å²) in [6.45, 7) is 4.52. The van der Waals surface area contributed by atoms with E-state index in [0.29, 0.717) is 11.5 Å². The largest absolute Gasteiger partial charge is 0.316 e. The van der Waals surface area contributed by atoms with Gasteiger partial charge in [-0.1, -0.05) is 25.8 Å². The summed E-state index contributed by atoms with van der Waals surface area (Å²) in [6, 6.07) is 4.76. The molecule has 1 aromatic rings. The Morgan fingerprint density at radius 2 is 2.11 bits per heavy atom. The van der Waals surface area contributed by atoms with Gasteiger partial charge in [0, 0.05) is 24.4 Å². The van der Waals surface area contributed by atoms with Gasteiger partial charge in [0.15, 0.2) is 0 Å². The fraction of sp³-hybridized carbons (Fsp3) is 0.688. The summed E-state index contributed by atoms with van der Waals surface area (Å²) >= 11 is 0. The molecule has 1 N–H and O–H groups in total. The highest BCUT2D eigenvalue weighted by molar-refractivity contribution is 5.19. The highest BCUT2D eigenvalue weighted by atomic mass is 14.9. The lowest BCUT2D eigenvalue weighted by molar-refractivity contribution is 0.191. The van der Waals surface area contributed by atoms with Crippen molar-refractivity contribution in [2.24, 2.45) is 5.41 Å². The SMILES string of the molecule is CCC1(C(Cc2ncccc2C)NC)CCCC1. The molecule has 1 fully saturated rings. The summed E-state index contributed by atoms with van der Waals surface area (Å²) in [5.41, 5.74) is 3.08. The first-order valence-corrected chi connectivity index (χ1v) is 7.29. The van der Waals surface area contributed by atoms with E-state index in [2.05, 4.69) is 37.3 Å². The summed E-state index contributed by atoms with van der Waals surface area (Å²) in [4.78, 5) is 4.56. The fourth-order valence-electron chi connectivity index (χ4n) is 3.58. The molecule has 0 amide bonds. The Hall–Kier alpha value is -0.890. The molecule has 0 radical (unpaired) electrons. The summed E-state index contributed by atoms with van der Waals surface area (Å²) in [5, 5.41) is 3.57. The van der Waals surface area contributed by atoms with Gasteiger partial charge >= 0.3 is 0 Å². The smallest absolute Gasteiger partial charge is 0.0448 e. The van der Waals surface area contributed by atoms with Crippen molar-refractivity contribution < 1.29 is 0 Å². The Labute approximate surface area is 111 Å². The van der Waals surface area contributed by atoms with Crippen molar-refractivity contribution in [2.75, 3.05) is 7.05 Å². The average molecular weight is 246 g/mol. The molecule has 1 atom stereocenters. The van der Waals surface area contributed by atoms with Crippen LogP contribution in [0.2, 0.25) is 0 Å². The van der Waals surface area contributed by atoms with Crippen molar-refractivity contribution in [3.8, 4) is 0 Å². The molecule has 2 nitrogen and oxygen atoms in total. The Kier molecular flexibility index (Phi) is 4.39. The maximum absolute atomic E-state index is 4.56. The lowest BCUT2D eigenvalue weighted by Gasteiger charge is -2.37. The van der Waals surface area contributed by atoms with E-state index in [1.807, 2.05) is 12.3 Å². The zero-order valence-corrected chi connectivity index (χ0v) is 12.0. The van der Waals surface area contributed by atoms with Crippen molar-refractivity contribution in [3.05, 3.63) is 29.6 Å². The van der Waals surface area contributed by atoms with E-state index in [1.165, 1.54) is 43.4 Å². The number of likely N-dealkylation sites (N-methyl/N-ethyl adjacent to an activating group) is 1. The van der Waals surface area contributed by atoms with Crippen molar-refractivity contribution >= 4 is 0 Å². The van der Waals surface area contributed by atoms with E-state index in [1.54, 1.807) is 0 Å². The molecule has 1 unspecified atom stereocenters. The van der Waals surface area contributed by atoms with Gasteiger partial charge in [0.1, 0.15) is 0 Å². The van der Waals surface area contributed by atoms with Gasteiger partial charge in [0.05, 0.1) is 0 Å². The molecule has 1 saturated carbocycles. The lowest BCUT2D eigenvalue weighted by atomic mass is 9.74. The summed E-state index contributed by atoms with van der Waals surface area (Å²) in [6.07, 6.45) is 9.81. The molecule has 2 rings (SSSR count). The Balaban J connectivity index is 2.16. The third-order valence-corrected chi connectivity index (χ3v) is 4.91. The van der Waals surface area contributed by atoms with Gasteiger partial charge in [-0.05, 0) is 50.3 Å². The van der Waals surface area contributed by atoms with Crippen LogP contribution >= 0.6 is 0 Å². The van der Waals surface area contributed by atoms with E-state index in [4.69, 9.17) is 0 Å². The number of aromatic nitrogens is 1. The van der Waals surface area contributed by atoms with Gasteiger partial charge in [-0.2, -0.15) is 0 Å². The lowest BCUT2D eigenvalue weighted by Crippen LogP contribution is -2.43. The molecule has 1 aliphatic carbocycles. The Morgan fingerprint density at radius 3 is 2.67 bits per heavy atom. The zero-order valence-electron chi connectivity index (χ0n) is 12.0. The first-order chi connectivity index (χ1) is 8.72. The number of pyridine rings is 1. The Bertz CT molecular complexity index is 380. The zero-order chi connectivity index (χ0) is 13.0. The first kappa shape index (κ1) is 13.5. The maximum atomic E-state index is 4.56. The molecule has 2 heteroatoms. The number of hydrogen-bond acceptors (Lipinski definition) is 2. The van der Waals surface area contributed by atoms with Gasteiger partial charge in [-0.25, -0.2) is 0 Å². The summed E-state index contributed by atoms with van der Waals surface area (Å²) < 4.78 is 0. The van der Waals surface area contributed by atoms with Gasteiger partial charge in [-0.3, -0.25) is 4.98 Å². The topological polar surface area (TPSA) is 24.9 Å². The summed E-state index contributed by atoms with van der Waals surface area (Å²) in [5.74, 6) is 0. The van der Waals surface area contributed by atoms with Crippen LogP contribution in [0.25, 0.3) is 0 Å². The van der Waals surface area contributed by atoms with Crippen molar-refractivity contribution in [2.45, 2.75) is 58.4 Å². The average Bonchev–Trinajstić information content (AvgIpc) is 2.88. The first-order valence-electron chi connectivity index (χ1n) is 7.29. The van der Waals surface area contributed by atoms with Crippen LogP contribution in [0, 0.1) is 12.3 Å². The van der Waals surface area contributed by atoms with Crippen molar-refractivity contribution in [3.63, 3.8) is 0 Å². The molecular formula is C16H26N2. The molecule has 18 heavy (non-hydrogen) atoms. The van der Waals surface area contributed by atoms with Gasteiger partial charge in [-0.15, -0.1) is 0 Å². The Morgan fingerprint density at radius 1 is 1.39 bits per heavy atom. The minimum absolute atomic E-state index is 0.499. The maximum Gasteiger partial charge on any atom is 0.0448 e. The highest BCUT2D eigenvalue weighted by Gasteiger charge is 2.39. The molecule has 0 spiro atoms. The number of hydrogen-bond donors (Lipinski definition) is 1. The second-order valence-electron chi connectivity index (χ2n) is 5.74. The quantitative estimate of drug-likeness (QED) is 0.860. The monoisotopic (exact) mass is 246 g/mol. The van der Waals surface area contributed by atoms with Crippen LogP contribution < -0.4 is 5.32 Å². The van der Waals surface area contributed by atoms with Crippen LogP contribution in [-0.2, 0) is 6.42 Å². The molecular weight excluding hydrogens is 220 g/mol. The molecule has 0 aromatic carbocycles. The van der Waals surface area contributed by atoms with Crippen LogP contribution in [0.4, 0.5) is 0 Å². The van der Waals surface area contributed by atoms with Crippen LogP contribution in [0.5, 0.6) is 0 Å². The van der Waals surface area contributed by atoms with E-state index < -0.39 is 0 Å². The number of rotatable bonds is 5. The predicted molar refractivity (Wildman–Crippen MR) is 76.7 cm³/mol. The number of aryl methyl sites for hydroxylation is 1. The van der Waals surface area contributed by atoms with Gasteiger partial charge in [0.25, 0.3) is 0 Å². The van der Waals surface area contributed by atoms with E-state index >= 15 is 0 Å². The molecule has 1 aliphatic rings. The third-order valence-electron chi connectivity index (χ3n) is 4.91. The minimum atomic E-state index is 0.499. The van der Waals surface area contributed by atoms with Crippen LogP contribution in [0.3, 0.4) is 0 Å². The number of nitrogens with one attached hydrogen (secondary N) is 1. The van der Waals surface area contributed by atoms with Gasteiger partial charge < -0.3 is 5.32 Å². The van der Waals surface area contributed by atoms with Crippen LogP contribution in [0.15, 0.2) is 18.3 Å². The molecule has 0 aliphatic heterocycles. The highest BCUT2D eigenvalue weighted by Crippen LogP contribution is 2.44. The standard InChI is InChI=1S/C16H26N2/c1-4-16(9-5-6-10-16)15(17-3)12-14-13(2)8-7-11-18-14/h7-8,11,15,17H,4-6,9-10,12H2,1-3H3. The van der Waals surface area contributed by atoms with E-state index in [0.717, 1.165) is 6.42 Å². The third kappa shape index (κ3) is 2.59. The van der Waals surface area contributed by atoms with Crippen LogP contribution in [-0.4, -0.2) is 18.1 Å². The molecule has 1 aromatic heterocycles. The minimum Gasteiger partial charge on any atom is -0.316 e. The van der Waals surface area contributed by atoms with E-state index in [9.17, 15) is 0 Å². The van der Waals surface area contributed by atoms with Crippen LogP contribution in [0.1, 0.15) is 50.3 Å². The number of nitrogens with zero attached hydrogens (tertiary/aromatic N) is 1. The normalized spacial score (nSPS) is 19.9.